The lowest BCUT2D eigenvalue weighted by molar-refractivity contribution is -0.386. The second-order valence-corrected chi connectivity index (χ2v) is 8.00. The summed E-state index contributed by atoms with van der Waals surface area (Å²) in [6, 6.07) is 9.30. The molecule has 4 aromatic heterocycles. The van der Waals surface area contributed by atoms with Gasteiger partial charge in [-0.3, -0.25) is 24.2 Å². The van der Waals surface area contributed by atoms with E-state index in [0.29, 0.717) is 16.7 Å². The van der Waals surface area contributed by atoms with Crippen LogP contribution in [-0.2, 0) is 19.6 Å². The van der Waals surface area contributed by atoms with Gasteiger partial charge in [-0.2, -0.15) is 5.10 Å². The summed E-state index contributed by atoms with van der Waals surface area (Å²) in [7, 11) is 0. The molecule has 5 rings (SSSR count). The van der Waals surface area contributed by atoms with Gasteiger partial charge in [0.25, 0.3) is 0 Å². The second kappa shape index (κ2) is 9.33. The molecule has 0 spiro atoms. The molecule has 0 unspecified atom stereocenters. The van der Waals surface area contributed by atoms with Crippen molar-refractivity contribution in [2.75, 3.05) is 0 Å². The maximum atomic E-state index is 14.1. The molecule has 0 saturated heterocycles. The molecule has 0 radical (unpaired) electrons. The smallest absolute Gasteiger partial charge is 0.358 e. The number of halogens is 1. The molecule has 182 valence electrons. The first kappa shape index (κ1) is 22.8. The van der Waals surface area contributed by atoms with Gasteiger partial charge in [0.2, 0.25) is 0 Å². The first-order chi connectivity index (χ1) is 17.4. The van der Waals surface area contributed by atoms with Crippen molar-refractivity contribution in [2.45, 2.75) is 19.6 Å². The fraction of sp³-hybridized carbons (Fsp3) is 0.125. The van der Waals surface area contributed by atoms with Crippen LogP contribution in [0.2, 0.25) is 0 Å². The van der Waals surface area contributed by atoms with Crippen molar-refractivity contribution in [3.8, 4) is 11.3 Å². The molecule has 0 aliphatic rings. The highest BCUT2D eigenvalue weighted by Gasteiger charge is 2.30. The Morgan fingerprint density at radius 2 is 1.61 bits per heavy atom. The zero-order valence-corrected chi connectivity index (χ0v) is 18.6. The van der Waals surface area contributed by atoms with Crippen molar-refractivity contribution >= 4 is 5.69 Å². The Bertz CT molecular complexity index is 1650. The average molecular weight is 491 g/mol. The molecular formula is C24H18FN5O6. The highest BCUT2D eigenvalue weighted by atomic mass is 19.1. The monoisotopic (exact) mass is 491 g/mol. The Kier molecular flexibility index (Phi) is 5.90. The van der Waals surface area contributed by atoms with Gasteiger partial charge in [0.05, 0.1) is 55.8 Å². The molecule has 0 atom stereocenters. The van der Waals surface area contributed by atoms with E-state index in [-0.39, 0.29) is 30.9 Å². The Hall–Kier alpha value is -5.00. The fourth-order valence-electron chi connectivity index (χ4n) is 3.93. The quantitative estimate of drug-likeness (QED) is 0.240. The Labute approximate surface area is 201 Å². The van der Waals surface area contributed by atoms with Gasteiger partial charge in [-0.1, -0.05) is 18.2 Å². The van der Waals surface area contributed by atoms with Crippen LogP contribution in [0.5, 0.6) is 0 Å². The van der Waals surface area contributed by atoms with Crippen LogP contribution < -0.4 is 11.2 Å². The SMILES string of the molecule is O=c1c([N+](=O)[O-])c(-c2cnn(Cc3ccccc3F)c2)n(Cc2ccoc2)c(=O)n1Cc1ccoc1. The van der Waals surface area contributed by atoms with E-state index in [2.05, 4.69) is 5.10 Å². The highest BCUT2D eigenvalue weighted by Crippen LogP contribution is 2.27. The number of rotatable bonds is 8. The van der Waals surface area contributed by atoms with E-state index in [1.807, 2.05) is 0 Å². The maximum Gasteiger partial charge on any atom is 0.358 e. The lowest BCUT2D eigenvalue weighted by Gasteiger charge is -2.14. The summed E-state index contributed by atoms with van der Waals surface area (Å²) < 4.78 is 27.5. The Morgan fingerprint density at radius 1 is 0.944 bits per heavy atom. The number of hydrogen-bond acceptors (Lipinski definition) is 7. The minimum atomic E-state index is -1.06. The normalized spacial score (nSPS) is 11.1. The predicted molar refractivity (Wildman–Crippen MR) is 124 cm³/mol. The van der Waals surface area contributed by atoms with Gasteiger partial charge >= 0.3 is 16.9 Å². The van der Waals surface area contributed by atoms with E-state index in [0.717, 1.165) is 9.13 Å². The van der Waals surface area contributed by atoms with Crippen LogP contribution in [0.1, 0.15) is 16.7 Å². The van der Waals surface area contributed by atoms with E-state index in [1.54, 1.807) is 30.3 Å². The summed E-state index contributed by atoms with van der Waals surface area (Å²) in [6.07, 6.45) is 8.25. The Balaban J connectivity index is 1.69. The number of hydrogen-bond donors (Lipinski definition) is 0. The molecule has 0 aliphatic carbocycles. The molecule has 0 fully saturated rings. The van der Waals surface area contributed by atoms with Crippen molar-refractivity contribution in [3.63, 3.8) is 0 Å². The second-order valence-electron chi connectivity index (χ2n) is 8.00. The number of benzene rings is 1. The lowest BCUT2D eigenvalue weighted by Crippen LogP contribution is -2.42. The fourth-order valence-corrected chi connectivity index (χ4v) is 3.93. The van der Waals surface area contributed by atoms with Gasteiger partial charge in [0.15, 0.2) is 0 Å². The number of furan rings is 2. The van der Waals surface area contributed by atoms with E-state index in [4.69, 9.17) is 8.83 Å². The molecule has 1 aromatic carbocycles. The molecule has 0 saturated carbocycles. The molecule has 0 aliphatic heterocycles. The molecule has 4 heterocycles. The van der Waals surface area contributed by atoms with Gasteiger partial charge < -0.3 is 8.83 Å². The third-order valence-electron chi connectivity index (χ3n) is 5.62. The first-order valence-corrected chi connectivity index (χ1v) is 10.7. The molecule has 36 heavy (non-hydrogen) atoms. The largest absolute Gasteiger partial charge is 0.472 e. The summed E-state index contributed by atoms with van der Waals surface area (Å²) in [5.74, 6) is -0.431. The topological polar surface area (TPSA) is 131 Å². The zero-order chi connectivity index (χ0) is 25.2. The van der Waals surface area contributed by atoms with Crippen LogP contribution in [-0.4, -0.2) is 23.8 Å². The summed E-state index contributed by atoms with van der Waals surface area (Å²) >= 11 is 0. The number of nitrogens with zero attached hydrogens (tertiary/aromatic N) is 5. The van der Waals surface area contributed by atoms with Crippen LogP contribution in [0, 0.1) is 15.9 Å². The minimum Gasteiger partial charge on any atom is -0.472 e. The minimum absolute atomic E-state index is 0.0456. The third kappa shape index (κ3) is 4.27. The van der Waals surface area contributed by atoms with Crippen LogP contribution in [0.25, 0.3) is 11.3 Å². The van der Waals surface area contributed by atoms with Crippen LogP contribution >= 0.6 is 0 Å². The van der Waals surface area contributed by atoms with Crippen LogP contribution in [0.4, 0.5) is 10.1 Å². The summed E-state index contributed by atoms with van der Waals surface area (Å²) in [4.78, 5) is 38.1. The average Bonchev–Trinajstić information content (AvgIpc) is 3.63. The molecule has 5 aromatic rings. The molecule has 0 bridgehead atoms. The van der Waals surface area contributed by atoms with Crippen molar-refractivity contribution in [3.05, 3.63) is 127 Å². The van der Waals surface area contributed by atoms with E-state index in [1.165, 1.54) is 48.2 Å². The van der Waals surface area contributed by atoms with Gasteiger partial charge in [0, 0.05) is 28.5 Å². The Morgan fingerprint density at radius 3 is 2.22 bits per heavy atom. The van der Waals surface area contributed by atoms with Crippen molar-refractivity contribution < 1.29 is 18.1 Å². The third-order valence-corrected chi connectivity index (χ3v) is 5.62. The lowest BCUT2D eigenvalue weighted by atomic mass is 10.2. The van der Waals surface area contributed by atoms with Gasteiger partial charge in [0.1, 0.15) is 11.5 Å². The van der Waals surface area contributed by atoms with Crippen LogP contribution in [0.3, 0.4) is 0 Å². The van der Waals surface area contributed by atoms with Crippen LogP contribution in [0.15, 0.2) is 92.3 Å². The standard InChI is InChI=1S/C24H18FN5O6/c25-20-4-2-1-3-18(20)12-27-13-19(9-26-27)21-22(30(33)34)23(31)29(11-17-6-8-36-15-17)24(32)28(21)10-16-5-7-35-14-16/h1-9,13-15H,10-12H2. The molecule has 11 nitrogen and oxygen atoms in total. The van der Waals surface area contributed by atoms with E-state index in [9.17, 15) is 24.1 Å². The molecular weight excluding hydrogens is 473 g/mol. The maximum absolute atomic E-state index is 14.1. The highest BCUT2D eigenvalue weighted by molar-refractivity contribution is 5.68. The molecule has 0 amide bonds. The first-order valence-electron chi connectivity index (χ1n) is 10.7. The number of aromatic nitrogens is 4. The van der Waals surface area contributed by atoms with E-state index >= 15 is 0 Å². The van der Waals surface area contributed by atoms with Crippen molar-refractivity contribution in [2.24, 2.45) is 0 Å². The van der Waals surface area contributed by atoms with Gasteiger partial charge in [-0.15, -0.1) is 0 Å². The molecule has 12 heteroatoms. The summed E-state index contributed by atoms with van der Waals surface area (Å²) in [6.45, 7) is -0.271. The zero-order valence-electron chi connectivity index (χ0n) is 18.6. The molecule has 0 N–H and O–H groups in total. The van der Waals surface area contributed by atoms with Gasteiger partial charge in [-0.05, 0) is 18.2 Å². The van der Waals surface area contributed by atoms with Crippen molar-refractivity contribution in [1.29, 1.82) is 0 Å². The van der Waals surface area contributed by atoms with Gasteiger partial charge in [-0.25, -0.2) is 13.8 Å². The van der Waals surface area contributed by atoms with E-state index < -0.39 is 27.7 Å². The van der Waals surface area contributed by atoms with Crippen molar-refractivity contribution in [1.82, 2.24) is 18.9 Å². The predicted octanol–water partition coefficient (Wildman–Crippen LogP) is 3.25. The number of nitro groups is 1. The summed E-state index contributed by atoms with van der Waals surface area (Å²) in [5.41, 5.74) is -1.26. The summed E-state index contributed by atoms with van der Waals surface area (Å²) in [5, 5.41) is 16.3.